The lowest BCUT2D eigenvalue weighted by Crippen LogP contribution is -2.35. The predicted molar refractivity (Wildman–Crippen MR) is 108 cm³/mol. The molecule has 12 heteroatoms. The summed E-state index contributed by atoms with van der Waals surface area (Å²) >= 11 is 1.46. The van der Waals surface area contributed by atoms with Crippen molar-refractivity contribution < 1.29 is 8.42 Å². The Kier molecular flexibility index (Phi) is 4.03. The van der Waals surface area contributed by atoms with Crippen LogP contribution in [0.15, 0.2) is 41.9 Å². The number of hydrogen-bond donors (Lipinski definition) is 1. The molecule has 0 aliphatic carbocycles. The first kappa shape index (κ1) is 17.7. The van der Waals surface area contributed by atoms with E-state index in [9.17, 15) is 8.42 Å². The second kappa shape index (κ2) is 6.60. The lowest BCUT2D eigenvalue weighted by atomic mass is 10.2. The maximum Gasteiger partial charge on any atom is 0.261 e. The number of sulfone groups is 1. The Morgan fingerprint density at radius 2 is 2.14 bits per heavy atom. The van der Waals surface area contributed by atoms with E-state index >= 15 is 0 Å². The second-order valence-corrected chi connectivity index (χ2v) is 9.25. The van der Waals surface area contributed by atoms with Crippen molar-refractivity contribution >= 4 is 45.2 Å². The van der Waals surface area contributed by atoms with Crippen LogP contribution in [-0.2, 0) is 9.84 Å². The van der Waals surface area contributed by atoms with Gasteiger partial charge in [0.05, 0.1) is 22.2 Å². The van der Waals surface area contributed by atoms with Crippen molar-refractivity contribution in [3.05, 3.63) is 46.8 Å². The molecule has 1 aliphatic heterocycles. The van der Waals surface area contributed by atoms with Crippen LogP contribution in [-0.4, -0.2) is 55.2 Å². The van der Waals surface area contributed by atoms with Crippen LogP contribution < -0.4 is 15.2 Å². The number of nitrogens with one attached hydrogen (secondary N) is 1. The van der Waals surface area contributed by atoms with Gasteiger partial charge in [-0.05, 0) is 23.7 Å². The zero-order chi connectivity index (χ0) is 20.0. The first-order valence-corrected chi connectivity index (χ1v) is 11.2. The molecule has 5 rings (SSSR count). The number of nitrogens with zero attached hydrogens (tertiary/aromatic N) is 7. The third-order valence-electron chi connectivity index (χ3n) is 4.31. The van der Waals surface area contributed by atoms with E-state index in [4.69, 9.17) is 0 Å². The first-order valence-electron chi connectivity index (χ1n) is 8.50. The Morgan fingerprint density at radius 3 is 3.00 bits per heavy atom. The van der Waals surface area contributed by atoms with E-state index in [-0.39, 0.29) is 4.90 Å². The van der Waals surface area contributed by atoms with Crippen molar-refractivity contribution in [2.24, 2.45) is 0 Å². The van der Waals surface area contributed by atoms with Crippen LogP contribution in [0, 0.1) is 0 Å². The average molecular weight is 426 g/mol. The standard InChI is InChI=1S/C17H14N8O2S2/c1-29(26,27)13-6-11(7-18-9-13)15-16-21-17(23-25(16)5-3-19-15)22-24-4-2-14-12(10-24)8-20-28-14/h2-3,5-10H,4H2,1H3,(H,22,23). The summed E-state index contributed by atoms with van der Waals surface area (Å²) < 4.78 is 30.6. The highest BCUT2D eigenvalue weighted by molar-refractivity contribution is 7.90. The zero-order valence-electron chi connectivity index (χ0n) is 15.1. The fourth-order valence-corrected chi connectivity index (χ4v) is 4.17. The third kappa shape index (κ3) is 3.32. The highest BCUT2D eigenvalue weighted by Crippen LogP contribution is 2.23. The van der Waals surface area contributed by atoms with Crippen molar-refractivity contribution in [1.82, 2.24) is 33.9 Å². The van der Waals surface area contributed by atoms with E-state index in [0.29, 0.717) is 29.4 Å². The van der Waals surface area contributed by atoms with Gasteiger partial charge in [0.2, 0.25) is 0 Å². The number of rotatable bonds is 4. The van der Waals surface area contributed by atoms with Crippen molar-refractivity contribution in [3.8, 4) is 11.3 Å². The minimum atomic E-state index is -3.38. The summed E-state index contributed by atoms with van der Waals surface area (Å²) in [5.74, 6) is 0.391. The molecule has 0 radical (unpaired) electrons. The van der Waals surface area contributed by atoms with E-state index in [2.05, 4.69) is 35.9 Å². The van der Waals surface area contributed by atoms with Crippen molar-refractivity contribution in [2.75, 3.05) is 18.2 Å². The topological polar surface area (TPSA) is 118 Å². The number of hydrogen-bond acceptors (Lipinski definition) is 10. The minimum absolute atomic E-state index is 0.121. The van der Waals surface area contributed by atoms with Gasteiger partial charge in [-0.15, -0.1) is 5.10 Å². The fraction of sp³-hybridized carbons (Fsp3) is 0.118. The van der Waals surface area contributed by atoms with Gasteiger partial charge in [0.15, 0.2) is 15.5 Å². The smallest absolute Gasteiger partial charge is 0.261 e. The molecule has 1 aliphatic rings. The van der Waals surface area contributed by atoms with E-state index in [1.54, 1.807) is 23.1 Å². The number of hydrazine groups is 1. The van der Waals surface area contributed by atoms with Crippen LogP contribution in [0.1, 0.15) is 0 Å². The highest BCUT2D eigenvalue weighted by Gasteiger charge is 2.15. The Labute approximate surface area is 168 Å². The van der Waals surface area contributed by atoms with Gasteiger partial charge in [-0.3, -0.25) is 20.4 Å². The fourth-order valence-electron chi connectivity index (χ4n) is 2.94. The zero-order valence-corrected chi connectivity index (χ0v) is 16.7. The molecule has 1 N–H and O–H groups in total. The van der Waals surface area contributed by atoms with Crippen molar-refractivity contribution in [1.29, 1.82) is 0 Å². The molecule has 0 saturated carbocycles. The maximum absolute atomic E-state index is 11.9. The maximum atomic E-state index is 11.9. The van der Waals surface area contributed by atoms with Gasteiger partial charge < -0.3 is 0 Å². The Balaban J connectivity index is 1.52. The van der Waals surface area contributed by atoms with E-state index in [0.717, 1.165) is 16.0 Å². The van der Waals surface area contributed by atoms with Crippen LogP contribution in [0.2, 0.25) is 0 Å². The molecular formula is C17H14N8O2S2. The molecule has 146 valence electrons. The number of anilines is 1. The average Bonchev–Trinajstić information content (AvgIpc) is 3.33. The van der Waals surface area contributed by atoms with Crippen LogP contribution in [0.3, 0.4) is 0 Å². The summed E-state index contributed by atoms with van der Waals surface area (Å²) in [6.45, 7) is 0.649. The molecule has 29 heavy (non-hydrogen) atoms. The van der Waals surface area contributed by atoms with Gasteiger partial charge in [0, 0.05) is 48.0 Å². The van der Waals surface area contributed by atoms with Crippen molar-refractivity contribution in [3.63, 3.8) is 0 Å². The third-order valence-corrected chi connectivity index (χ3v) is 6.20. The van der Waals surface area contributed by atoms with Crippen LogP contribution >= 0.6 is 11.5 Å². The van der Waals surface area contributed by atoms with E-state index < -0.39 is 9.84 Å². The summed E-state index contributed by atoms with van der Waals surface area (Å²) in [6, 6.07) is 1.53. The van der Waals surface area contributed by atoms with E-state index in [1.165, 1.54) is 23.8 Å². The van der Waals surface area contributed by atoms with Gasteiger partial charge in [-0.25, -0.2) is 12.9 Å². The molecule has 0 unspecified atom stereocenters. The van der Waals surface area contributed by atoms with Crippen molar-refractivity contribution in [2.45, 2.75) is 4.90 Å². The molecule has 0 atom stereocenters. The summed E-state index contributed by atoms with van der Waals surface area (Å²) in [6.07, 6.45) is 13.1. The normalized spacial score (nSPS) is 13.6. The quantitative estimate of drug-likeness (QED) is 0.477. The summed E-state index contributed by atoms with van der Waals surface area (Å²) in [5.41, 5.74) is 4.68. The van der Waals surface area contributed by atoms with Crippen LogP contribution in [0.4, 0.5) is 5.95 Å². The van der Waals surface area contributed by atoms with Gasteiger partial charge in [-0.2, -0.15) is 9.36 Å². The number of fused-ring (bicyclic) bond motifs is 2. The molecule has 0 saturated heterocycles. The highest BCUT2D eigenvalue weighted by atomic mass is 32.2. The molecular weight excluding hydrogens is 412 g/mol. The number of aromatic nitrogens is 6. The summed E-state index contributed by atoms with van der Waals surface area (Å²) in [5, 5.41) is 7.33. The van der Waals surface area contributed by atoms with Crippen LogP contribution in [0.25, 0.3) is 29.2 Å². The molecule has 5 heterocycles. The molecule has 10 nitrogen and oxygen atoms in total. The van der Waals surface area contributed by atoms with E-state index in [1.807, 2.05) is 17.4 Å². The first-order chi connectivity index (χ1) is 14.0. The van der Waals surface area contributed by atoms with Gasteiger partial charge in [-0.1, -0.05) is 0 Å². The van der Waals surface area contributed by atoms with Crippen LogP contribution in [0.5, 0.6) is 0 Å². The lowest BCUT2D eigenvalue weighted by molar-refractivity contribution is 0.545. The Hall–Kier alpha value is -3.38. The molecule has 4 aromatic rings. The predicted octanol–water partition coefficient (Wildman–Crippen LogP) is -0.0925. The summed E-state index contributed by atoms with van der Waals surface area (Å²) in [7, 11) is -3.38. The Morgan fingerprint density at radius 1 is 1.24 bits per heavy atom. The second-order valence-electron chi connectivity index (χ2n) is 6.40. The largest absolute Gasteiger partial charge is 0.288 e. The van der Waals surface area contributed by atoms with Gasteiger partial charge in [0.25, 0.3) is 5.95 Å². The molecule has 0 bridgehead atoms. The number of pyridine rings is 1. The lowest BCUT2D eigenvalue weighted by Gasteiger charge is -2.19. The Bertz CT molecular complexity index is 1460. The van der Waals surface area contributed by atoms with Gasteiger partial charge >= 0.3 is 0 Å². The molecule has 4 aromatic heterocycles. The molecule has 0 spiro atoms. The monoisotopic (exact) mass is 426 g/mol. The SMILES string of the molecule is CS(=O)(=O)c1cncc(-c2nccn3nc(NN4C=c5cnsc5=CC4)nc23)c1. The molecule has 0 fully saturated rings. The summed E-state index contributed by atoms with van der Waals surface area (Å²) in [4.78, 5) is 13.1. The van der Waals surface area contributed by atoms with Gasteiger partial charge in [0.1, 0.15) is 5.69 Å². The molecule has 0 amide bonds. The minimum Gasteiger partial charge on any atom is -0.288 e. The molecule has 0 aromatic carbocycles.